The monoisotopic (exact) mass is 280 g/mol. The summed E-state index contributed by atoms with van der Waals surface area (Å²) in [5.74, 6) is 0. The summed E-state index contributed by atoms with van der Waals surface area (Å²) in [6.45, 7) is 1.84. The van der Waals surface area contributed by atoms with Gasteiger partial charge in [-0.2, -0.15) is 8.42 Å². The van der Waals surface area contributed by atoms with Crippen LogP contribution in [-0.4, -0.2) is 26.1 Å². The third-order valence-electron chi connectivity index (χ3n) is 2.84. The quantitative estimate of drug-likeness (QED) is 0.551. The molecule has 1 aromatic carbocycles. The zero-order valence-corrected chi connectivity index (χ0v) is 13.3. The summed E-state index contributed by atoms with van der Waals surface area (Å²) in [4.78, 5) is 2.14. The Morgan fingerprint density at radius 2 is 1.78 bits per heavy atom. The molecule has 0 amide bonds. The van der Waals surface area contributed by atoms with Gasteiger partial charge in [0.05, 0.1) is 11.4 Å². The van der Waals surface area contributed by atoms with Gasteiger partial charge in [-0.05, 0) is 31.4 Å². The number of anilines is 2. The van der Waals surface area contributed by atoms with E-state index < -0.39 is 10.3 Å². The SMILES string of the molecule is O=S(=O)(O)Nc1ccccc1N1CCCCC1.[H-].[Na+]. The second kappa shape index (κ2) is 6.77. The van der Waals surface area contributed by atoms with Crippen LogP contribution in [0.5, 0.6) is 0 Å². The molecule has 0 radical (unpaired) electrons. The molecule has 18 heavy (non-hydrogen) atoms. The second-order valence-electron chi connectivity index (χ2n) is 4.14. The summed E-state index contributed by atoms with van der Waals surface area (Å²) < 4.78 is 32.7. The van der Waals surface area contributed by atoms with E-state index in [0.717, 1.165) is 31.6 Å². The number of nitrogens with zero attached hydrogens (tertiary/aromatic N) is 1. The molecule has 1 aliphatic heterocycles. The fourth-order valence-electron chi connectivity index (χ4n) is 2.11. The van der Waals surface area contributed by atoms with Gasteiger partial charge in [-0.15, -0.1) is 0 Å². The molecule has 7 heteroatoms. The number of nitrogens with one attached hydrogen (secondary N) is 1. The Labute approximate surface area is 131 Å². The molecule has 0 aliphatic carbocycles. The molecular weight excluding hydrogens is 263 g/mol. The van der Waals surface area contributed by atoms with Crippen molar-refractivity contribution < 1.29 is 44.0 Å². The maximum Gasteiger partial charge on any atom is 1.00 e. The molecule has 0 bridgehead atoms. The maximum absolute atomic E-state index is 10.9. The van der Waals surface area contributed by atoms with Gasteiger partial charge in [0.25, 0.3) is 0 Å². The normalized spacial score (nSPS) is 15.9. The van der Waals surface area contributed by atoms with E-state index in [1.165, 1.54) is 6.42 Å². The van der Waals surface area contributed by atoms with E-state index >= 15 is 0 Å². The van der Waals surface area contributed by atoms with Crippen molar-refractivity contribution in [3.05, 3.63) is 24.3 Å². The van der Waals surface area contributed by atoms with Crippen LogP contribution < -0.4 is 39.2 Å². The Balaban J connectivity index is 0.00000162. The topological polar surface area (TPSA) is 69.6 Å². The smallest absolute Gasteiger partial charge is 1.00 e. The average Bonchev–Trinajstić information content (AvgIpc) is 2.29. The van der Waals surface area contributed by atoms with E-state index in [2.05, 4.69) is 9.62 Å². The van der Waals surface area contributed by atoms with E-state index in [1.807, 2.05) is 12.1 Å². The van der Waals surface area contributed by atoms with Crippen LogP contribution in [-0.2, 0) is 10.3 Å². The van der Waals surface area contributed by atoms with Gasteiger partial charge in [0, 0.05) is 13.1 Å². The van der Waals surface area contributed by atoms with Crippen molar-refractivity contribution in [1.29, 1.82) is 0 Å². The van der Waals surface area contributed by atoms with E-state index in [-0.39, 0.29) is 31.0 Å². The molecule has 0 aromatic heterocycles. The summed E-state index contributed by atoms with van der Waals surface area (Å²) in [5.41, 5.74) is 1.25. The van der Waals surface area contributed by atoms with Gasteiger partial charge in [-0.25, -0.2) is 0 Å². The minimum absolute atomic E-state index is 0. The molecule has 5 nitrogen and oxygen atoms in total. The van der Waals surface area contributed by atoms with Gasteiger partial charge < -0.3 is 6.33 Å². The maximum atomic E-state index is 10.9. The van der Waals surface area contributed by atoms with E-state index in [0.29, 0.717) is 5.69 Å². The summed E-state index contributed by atoms with van der Waals surface area (Å²) in [7, 11) is -4.22. The summed E-state index contributed by atoms with van der Waals surface area (Å²) in [6.07, 6.45) is 3.44. The standard InChI is InChI=1S/C11H16N2O3S.Na.H/c14-17(15,16)12-10-6-2-3-7-11(10)13-8-4-1-5-9-13;;/h2-3,6-7,12H,1,4-5,8-9H2,(H,14,15,16);;/q;+1;-1. The first-order chi connectivity index (χ1) is 8.06. The van der Waals surface area contributed by atoms with E-state index in [9.17, 15) is 8.42 Å². The number of benzene rings is 1. The van der Waals surface area contributed by atoms with Gasteiger partial charge >= 0.3 is 39.9 Å². The molecule has 1 fully saturated rings. The zero-order valence-electron chi connectivity index (χ0n) is 11.5. The van der Waals surface area contributed by atoms with E-state index in [4.69, 9.17) is 4.55 Å². The van der Waals surface area contributed by atoms with Crippen LogP contribution in [0.1, 0.15) is 20.7 Å². The van der Waals surface area contributed by atoms with Crippen molar-refractivity contribution >= 4 is 21.7 Å². The molecule has 1 heterocycles. The number of hydrogen-bond donors (Lipinski definition) is 2. The van der Waals surface area contributed by atoms with Crippen molar-refractivity contribution in [3.8, 4) is 0 Å². The predicted molar refractivity (Wildman–Crippen MR) is 68.8 cm³/mol. The van der Waals surface area contributed by atoms with Crippen molar-refractivity contribution in [2.75, 3.05) is 22.7 Å². The number of piperidine rings is 1. The number of para-hydroxylation sites is 2. The largest absolute Gasteiger partial charge is 1.00 e. The Hall–Kier alpha value is -0.270. The van der Waals surface area contributed by atoms with E-state index in [1.54, 1.807) is 12.1 Å². The van der Waals surface area contributed by atoms with Crippen molar-refractivity contribution in [2.45, 2.75) is 19.3 Å². The van der Waals surface area contributed by atoms with Gasteiger partial charge in [0.2, 0.25) is 0 Å². The molecule has 0 spiro atoms. The molecule has 1 aliphatic rings. The Morgan fingerprint density at radius 1 is 1.17 bits per heavy atom. The third-order valence-corrected chi connectivity index (χ3v) is 3.32. The van der Waals surface area contributed by atoms with Crippen molar-refractivity contribution in [1.82, 2.24) is 0 Å². The zero-order chi connectivity index (χ0) is 12.3. The molecular formula is C11H17N2NaO3S. The Kier molecular flexibility index (Phi) is 5.94. The molecule has 0 saturated carbocycles. The molecule has 2 rings (SSSR count). The summed E-state index contributed by atoms with van der Waals surface area (Å²) >= 11 is 0. The first-order valence-electron chi connectivity index (χ1n) is 5.65. The molecule has 2 N–H and O–H groups in total. The Morgan fingerprint density at radius 3 is 2.39 bits per heavy atom. The second-order valence-corrected chi connectivity index (χ2v) is 5.30. The molecule has 1 saturated heterocycles. The minimum Gasteiger partial charge on any atom is -1.00 e. The van der Waals surface area contributed by atoms with Crippen LogP contribution in [0.2, 0.25) is 0 Å². The number of rotatable bonds is 3. The van der Waals surface area contributed by atoms with Crippen LogP contribution in [0.3, 0.4) is 0 Å². The van der Waals surface area contributed by atoms with Crippen LogP contribution in [0.25, 0.3) is 0 Å². The number of hydrogen-bond acceptors (Lipinski definition) is 3. The fourth-order valence-corrected chi connectivity index (χ4v) is 2.56. The van der Waals surface area contributed by atoms with Gasteiger partial charge in [0.1, 0.15) is 0 Å². The van der Waals surface area contributed by atoms with Crippen LogP contribution in [0.15, 0.2) is 24.3 Å². The van der Waals surface area contributed by atoms with Crippen molar-refractivity contribution in [2.24, 2.45) is 0 Å². The van der Waals surface area contributed by atoms with Crippen LogP contribution in [0, 0.1) is 0 Å². The van der Waals surface area contributed by atoms with Gasteiger partial charge in [0.15, 0.2) is 0 Å². The van der Waals surface area contributed by atoms with Crippen LogP contribution >= 0.6 is 0 Å². The first kappa shape index (κ1) is 15.8. The van der Waals surface area contributed by atoms with Gasteiger partial charge in [-0.1, -0.05) is 12.1 Å². The predicted octanol–water partition coefficient (Wildman–Crippen LogP) is -0.992. The summed E-state index contributed by atoms with van der Waals surface area (Å²) in [6, 6.07) is 7.11. The Bertz CT molecular complexity index is 492. The van der Waals surface area contributed by atoms with Crippen molar-refractivity contribution in [3.63, 3.8) is 0 Å². The first-order valence-corrected chi connectivity index (χ1v) is 7.09. The fraction of sp³-hybridized carbons (Fsp3) is 0.455. The summed E-state index contributed by atoms with van der Waals surface area (Å²) in [5, 5.41) is 0. The van der Waals surface area contributed by atoms with Crippen LogP contribution in [0.4, 0.5) is 11.4 Å². The molecule has 96 valence electrons. The molecule has 0 unspecified atom stereocenters. The van der Waals surface area contributed by atoms with Gasteiger partial charge in [-0.3, -0.25) is 9.27 Å². The molecule has 1 aromatic rings. The average molecular weight is 280 g/mol. The third kappa shape index (κ3) is 4.44. The molecule has 0 atom stereocenters. The minimum atomic E-state index is -4.22.